The summed E-state index contributed by atoms with van der Waals surface area (Å²) in [7, 11) is 1.01. The number of rotatable bonds is 6. The molecule has 0 aromatic carbocycles. The lowest BCUT2D eigenvalue weighted by Gasteiger charge is -2.08. The van der Waals surface area contributed by atoms with Crippen molar-refractivity contribution in [1.82, 2.24) is 9.97 Å². The van der Waals surface area contributed by atoms with Crippen LogP contribution < -0.4 is 10.6 Å². The van der Waals surface area contributed by atoms with Crippen molar-refractivity contribution in [2.24, 2.45) is 0 Å². The summed E-state index contributed by atoms with van der Waals surface area (Å²) in [5, 5.41) is 5.98. The van der Waals surface area contributed by atoms with Gasteiger partial charge in [-0.2, -0.15) is 4.98 Å². The molecule has 0 spiro atoms. The SMILES string of the molecule is CCS(=O)CCNc1nc(NC)ncc1Br. The Hall–Kier alpha value is -0.690. The summed E-state index contributed by atoms with van der Waals surface area (Å²) in [6, 6.07) is 0. The zero-order valence-corrected chi connectivity index (χ0v) is 11.7. The molecule has 1 atom stereocenters. The first-order chi connectivity index (χ1) is 7.67. The second kappa shape index (κ2) is 6.80. The Balaban J connectivity index is 2.55. The average Bonchev–Trinajstić information content (AvgIpc) is 2.31. The fourth-order valence-electron chi connectivity index (χ4n) is 1.04. The smallest absolute Gasteiger partial charge is 0.224 e. The molecular weight excluding hydrogens is 292 g/mol. The Morgan fingerprint density at radius 1 is 1.56 bits per heavy atom. The normalized spacial score (nSPS) is 12.2. The molecule has 1 rings (SSSR count). The number of hydrogen-bond donors (Lipinski definition) is 2. The molecule has 1 aromatic heterocycles. The zero-order chi connectivity index (χ0) is 12.0. The van der Waals surface area contributed by atoms with Crippen LogP contribution in [0.3, 0.4) is 0 Å². The second-order valence-corrected chi connectivity index (χ2v) is 5.72. The van der Waals surface area contributed by atoms with E-state index in [4.69, 9.17) is 0 Å². The molecule has 0 bridgehead atoms. The minimum absolute atomic E-state index is 0.558. The third-order valence-corrected chi connectivity index (χ3v) is 3.80. The number of aromatic nitrogens is 2. The van der Waals surface area contributed by atoms with E-state index in [1.165, 1.54) is 0 Å². The number of halogens is 1. The van der Waals surface area contributed by atoms with Gasteiger partial charge in [0.15, 0.2) is 0 Å². The maximum atomic E-state index is 11.2. The van der Waals surface area contributed by atoms with Crippen LogP contribution in [0.5, 0.6) is 0 Å². The summed E-state index contributed by atoms with van der Waals surface area (Å²) in [6.45, 7) is 2.55. The van der Waals surface area contributed by atoms with E-state index in [0.717, 1.165) is 4.47 Å². The van der Waals surface area contributed by atoms with Crippen LogP contribution in [0, 0.1) is 0 Å². The molecule has 2 N–H and O–H groups in total. The van der Waals surface area contributed by atoms with Gasteiger partial charge in [-0.3, -0.25) is 4.21 Å². The standard InChI is InChI=1S/C9H15BrN4OS/c1-3-16(15)5-4-12-8-7(10)6-13-9(11-2)14-8/h6H,3-5H2,1-2H3,(H2,11,12,13,14). The van der Waals surface area contributed by atoms with Crippen LogP contribution in [0.4, 0.5) is 11.8 Å². The van der Waals surface area contributed by atoms with Gasteiger partial charge in [-0.25, -0.2) is 4.98 Å². The Bertz CT molecular complexity index is 375. The van der Waals surface area contributed by atoms with E-state index in [0.29, 0.717) is 29.8 Å². The number of hydrogen-bond acceptors (Lipinski definition) is 5. The fraction of sp³-hybridized carbons (Fsp3) is 0.556. The number of nitrogens with one attached hydrogen (secondary N) is 2. The summed E-state index contributed by atoms with van der Waals surface area (Å²) in [5.41, 5.74) is 0. The van der Waals surface area contributed by atoms with Crippen LogP contribution in [-0.4, -0.2) is 39.3 Å². The van der Waals surface area contributed by atoms with E-state index < -0.39 is 10.8 Å². The van der Waals surface area contributed by atoms with Crippen molar-refractivity contribution < 1.29 is 4.21 Å². The van der Waals surface area contributed by atoms with Crippen LogP contribution in [0.1, 0.15) is 6.92 Å². The highest BCUT2D eigenvalue weighted by molar-refractivity contribution is 9.10. The van der Waals surface area contributed by atoms with Crippen molar-refractivity contribution >= 4 is 38.5 Å². The lowest BCUT2D eigenvalue weighted by atomic mass is 10.5. The van der Waals surface area contributed by atoms with Gasteiger partial charge in [0.2, 0.25) is 5.95 Å². The lowest BCUT2D eigenvalue weighted by Crippen LogP contribution is -2.13. The first-order valence-electron chi connectivity index (χ1n) is 4.96. The molecule has 0 fully saturated rings. The van der Waals surface area contributed by atoms with E-state index in [9.17, 15) is 4.21 Å². The first-order valence-corrected chi connectivity index (χ1v) is 7.24. The molecule has 1 aromatic rings. The van der Waals surface area contributed by atoms with Crippen molar-refractivity contribution in [3.8, 4) is 0 Å². The molecule has 0 saturated heterocycles. The summed E-state index contributed by atoms with van der Waals surface area (Å²) in [6.07, 6.45) is 1.68. The molecule has 0 aliphatic carbocycles. The van der Waals surface area contributed by atoms with E-state index in [1.807, 2.05) is 6.92 Å². The van der Waals surface area contributed by atoms with Crippen LogP contribution in [0.2, 0.25) is 0 Å². The van der Waals surface area contributed by atoms with Crippen molar-refractivity contribution in [2.45, 2.75) is 6.92 Å². The van der Waals surface area contributed by atoms with Gasteiger partial charge in [-0.1, -0.05) is 6.92 Å². The molecule has 1 heterocycles. The summed E-state index contributed by atoms with van der Waals surface area (Å²) >= 11 is 3.35. The molecular formula is C9H15BrN4OS. The molecule has 5 nitrogen and oxygen atoms in total. The van der Waals surface area contributed by atoms with Crippen molar-refractivity contribution in [3.05, 3.63) is 10.7 Å². The van der Waals surface area contributed by atoms with E-state index in [1.54, 1.807) is 13.2 Å². The number of nitrogens with zero attached hydrogens (tertiary/aromatic N) is 2. The van der Waals surface area contributed by atoms with Gasteiger partial charge in [0.05, 0.1) is 4.47 Å². The third-order valence-electron chi connectivity index (χ3n) is 1.91. The van der Waals surface area contributed by atoms with Crippen molar-refractivity contribution in [2.75, 3.05) is 35.7 Å². The average molecular weight is 307 g/mol. The molecule has 7 heteroatoms. The quantitative estimate of drug-likeness (QED) is 0.833. The van der Waals surface area contributed by atoms with Crippen LogP contribution in [0.25, 0.3) is 0 Å². The van der Waals surface area contributed by atoms with Gasteiger partial charge in [0, 0.05) is 42.1 Å². The fourth-order valence-corrected chi connectivity index (χ4v) is 1.99. The maximum absolute atomic E-state index is 11.2. The highest BCUT2D eigenvalue weighted by Crippen LogP contribution is 2.19. The molecule has 90 valence electrons. The van der Waals surface area contributed by atoms with Gasteiger partial charge in [0.1, 0.15) is 5.82 Å². The second-order valence-electron chi connectivity index (χ2n) is 3.00. The summed E-state index contributed by atoms with van der Waals surface area (Å²) < 4.78 is 12.0. The van der Waals surface area contributed by atoms with Gasteiger partial charge < -0.3 is 10.6 Å². The van der Waals surface area contributed by atoms with Crippen LogP contribution in [-0.2, 0) is 10.8 Å². The van der Waals surface area contributed by atoms with E-state index in [-0.39, 0.29) is 0 Å². The first kappa shape index (κ1) is 13.4. The van der Waals surface area contributed by atoms with E-state index >= 15 is 0 Å². The molecule has 1 unspecified atom stereocenters. The van der Waals surface area contributed by atoms with Gasteiger partial charge in [0.25, 0.3) is 0 Å². The topological polar surface area (TPSA) is 66.9 Å². The lowest BCUT2D eigenvalue weighted by molar-refractivity contribution is 0.684. The molecule has 0 aliphatic rings. The van der Waals surface area contributed by atoms with E-state index in [2.05, 4.69) is 36.5 Å². The van der Waals surface area contributed by atoms with Gasteiger partial charge >= 0.3 is 0 Å². The maximum Gasteiger partial charge on any atom is 0.224 e. The third kappa shape index (κ3) is 4.05. The predicted octanol–water partition coefficient (Wildman–Crippen LogP) is 1.46. The summed E-state index contributed by atoms with van der Waals surface area (Å²) in [5.74, 6) is 2.59. The molecule has 0 amide bonds. The van der Waals surface area contributed by atoms with Crippen LogP contribution in [0.15, 0.2) is 10.7 Å². The molecule has 16 heavy (non-hydrogen) atoms. The Labute approximate surface area is 106 Å². The molecule has 0 radical (unpaired) electrons. The monoisotopic (exact) mass is 306 g/mol. The largest absolute Gasteiger partial charge is 0.368 e. The molecule has 0 aliphatic heterocycles. The van der Waals surface area contributed by atoms with Crippen LogP contribution >= 0.6 is 15.9 Å². The minimum atomic E-state index is -0.751. The highest BCUT2D eigenvalue weighted by Gasteiger charge is 2.04. The minimum Gasteiger partial charge on any atom is -0.368 e. The molecule has 0 saturated carbocycles. The van der Waals surface area contributed by atoms with Gasteiger partial charge in [-0.05, 0) is 15.9 Å². The Morgan fingerprint density at radius 2 is 2.31 bits per heavy atom. The highest BCUT2D eigenvalue weighted by atomic mass is 79.9. The zero-order valence-electron chi connectivity index (χ0n) is 9.29. The predicted molar refractivity (Wildman–Crippen MR) is 71.3 cm³/mol. The van der Waals surface area contributed by atoms with Gasteiger partial charge in [-0.15, -0.1) is 0 Å². The Morgan fingerprint density at radius 3 is 2.94 bits per heavy atom. The Kier molecular flexibility index (Phi) is 5.68. The van der Waals surface area contributed by atoms with Crippen molar-refractivity contribution in [1.29, 1.82) is 0 Å². The summed E-state index contributed by atoms with van der Waals surface area (Å²) in [4.78, 5) is 8.28. The van der Waals surface area contributed by atoms with Crippen molar-refractivity contribution in [3.63, 3.8) is 0 Å². The number of anilines is 2.